The summed E-state index contributed by atoms with van der Waals surface area (Å²) in [6.45, 7) is 0. The van der Waals surface area contributed by atoms with Crippen molar-refractivity contribution in [3.8, 4) is 5.75 Å². The minimum atomic E-state index is -0.221. The number of halogens is 1. The second kappa shape index (κ2) is 8.18. The van der Waals surface area contributed by atoms with Crippen LogP contribution in [0.15, 0.2) is 58.7 Å². The summed E-state index contributed by atoms with van der Waals surface area (Å²) in [7, 11) is 1.60. The van der Waals surface area contributed by atoms with Crippen molar-refractivity contribution in [1.29, 1.82) is 0 Å². The van der Waals surface area contributed by atoms with Gasteiger partial charge in [-0.2, -0.15) is 5.10 Å². The van der Waals surface area contributed by atoms with Gasteiger partial charge in [-0.1, -0.05) is 47.6 Å². The number of carbonyl (C=O) groups excluding carboxylic acids is 1. The Morgan fingerprint density at radius 2 is 2.00 bits per heavy atom. The molecule has 1 atom stereocenters. The van der Waals surface area contributed by atoms with E-state index >= 15 is 0 Å². The average molecular weight is 374 g/mol. The number of rotatable bonds is 5. The first kappa shape index (κ1) is 17.5. The zero-order valence-corrected chi connectivity index (χ0v) is 15.1. The fourth-order valence-electron chi connectivity index (χ4n) is 2.34. The van der Waals surface area contributed by atoms with Crippen LogP contribution >= 0.6 is 23.4 Å². The van der Waals surface area contributed by atoms with Crippen LogP contribution in [0.1, 0.15) is 11.1 Å². The third kappa shape index (κ3) is 4.61. The zero-order chi connectivity index (χ0) is 17.6. The van der Waals surface area contributed by atoms with Crippen LogP contribution in [0.2, 0.25) is 5.02 Å². The molecule has 3 rings (SSSR count). The Morgan fingerprint density at radius 3 is 2.76 bits per heavy atom. The van der Waals surface area contributed by atoms with Crippen LogP contribution in [0.5, 0.6) is 5.75 Å². The lowest BCUT2D eigenvalue weighted by atomic mass is 10.1. The summed E-state index contributed by atoms with van der Waals surface area (Å²) in [4.78, 5) is 12.1. The summed E-state index contributed by atoms with van der Waals surface area (Å²) in [5, 5.41) is 11.8. The molecule has 1 heterocycles. The number of carbonyl (C=O) groups is 1. The van der Waals surface area contributed by atoms with Crippen LogP contribution in [-0.2, 0) is 11.2 Å². The fraction of sp³-hybridized carbons (Fsp3) is 0.167. The molecule has 5 nitrogen and oxygen atoms in total. The Balaban J connectivity index is 1.64. The largest absolute Gasteiger partial charge is 0.496 e. The molecule has 1 fully saturated rings. The van der Waals surface area contributed by atoms with E-state index in [4.69, 9.17) is 16.3 Å². The first-order chi connectivity index (χ1) is 12.2. The Labute approximate surface area is 155 Å². The molecule has 1 aliphatic heterocycles. The van der Waals surface area contributed by atoms with Crippen LogP contribution < -0.4 is 10.1 Å². The van der Waals surface area contributed by atoms with Gasteiger partial charge in [-0.05, 0) is 36.2 Å². The summed E-state index contributed by atoms with van der Waals surface area (Å²) in [6.07, 6.45) is 2.22. The standard InChI is InChI=1S/C18H16ClN3O2S/c1-24-15-5-3-2-4-13(15)11-20-22-18-21-17(23)16(25-18)10-12-6-8-14(19)9-7-12/h2-9,11,16H,10H2,1H3,(H,21,22,23). The predicted octanol–water partition coefficient (Wildman–Crippen LogP) is 3.51. The second-order valence-electron chi connectivity index (χ2n) is 5.32. The van der Waals surface area contributed by atoms with Crippen LogP contribution in [0.4, 0.5) is 0 Å². The molecule has 0 saturated carbocycles. The van der Waals surface area contributed by atoms with Crippen molar-refractivity contribution >= 4 is 40.7 Å². The molecule has 0 spiro atoms. The molecule has 2 aromatic carbocycles. The van der Waals surface area contributed by atoms with E-state index in [9.17, 15) is 4.79 Å². The Hall–Kier alpha value is -2.31. The number of nitrogens with zero attached hydrogens (tertiary/aromatic N) is 2. The molecular formula is C18H16ClN3O2S. The van der Waals surface area contributed by atoms with Gasteiger partial charge >= 0.3 is 0 Å². The fourth-order valence-corrected chi connectivity index (χ4v) is 3.43. The monoisotopic (exact) mass is 373 g/mol. The highest BCUT2D eigenvalue weighted by atomic mass is 35.5. The van der Waals surface area contributed by atoms with E-state index in [1.165, 1.54) is 11.8 Å². The molecule has 0 aliphatic carbocycles. The molecule has 1 saturated heterocycles. The van der Waals surface area contributed by atoms with Crippen molar-refractivity contribution in [2.24, 2.45) is 10.2 Å². The molecule has 128 valence electrons. The summed E-state index contributed by atoms with van der Waals surface area (Å²) >= 11 is 7.26. The highest BCUT2D eigenvalue weighted by Gasteiger charge is 2.30. The quantitative estimate of drug-likeness (QED) is 0.644. The second-order valence-corrected chi connectivity index (χ2v) is 6.95. The topological polar surface area (TPSA) is 63.1 Å². The maximum Gasteiger partial charge on any atom is 0.239 e. The predicted molar refractivity (Wildman–Crippen MR) is 103 cm³/mol. The molecule has 1 unspecified atom stereocenters. The molecule has 0 aromatic heterocycles. The van der Waals surface area contributed by atoms with Crippen LogP contribution in [0.25, 0.3) is 0 Å². The number of ether oxygens (including phenoxy) is 1. The third-order valence-corrected chi connectivity index (χ3v) is 4.92. The number of para-hydroxylation sites is 1. The molecule has 7 heteroatoms. The molecule has 2 aromatic rings. The lowest BCUT2D eigenvalue weighted by Gasteiger charge is -2.05. The first-order valence-corrected chi connectivity index (χ1v) is 8.87. The van der Waals surface area contributed by atoms with Gasteiger partial charge in [0, 0.05) is 10.6 Å². The summed E-state index contributed by atoms with van der Waals surface area (Å²) in [5.41, 5.74) is 1.87. The lowest BCUT2D eigenvalue weighted by molar-refractivity contribution is -0.118. The van der Waals surface area contributed by atoms with Crippen LogP contribution in [0, 0.1) is 0 Å². The van der Waals surface area contributed by atoms with Gasteiger partial charge in [-0.15, -0.1) is 5.10 Å². The Bertz CT molecular complexity index is 821. The van der Waals surface area contributed by atoms with Gasteiger partial charge in [0.1, 0.15) is 5.75 Å². The Morgan fingerprint density at radius 1 is 1.24 bits per heavy atom. The van der Waals surface area contributed by atoms with Gasteiger partial charge in [0.15, 0.2) is 5.17 Å². The SMILES string of the molecule is COc1ccccc1C=N/N=C1\NC(=O)C(Cc2ccc(Cl)cc2)S1. The van der Waals surface area contributed by atoms with Crippen molar-refractivity contribution in [3.63, 3.8) is 0 Å². The normalized spacial score (nSPS) is 18.7. The third-order valence-electron chi connectivity index (χ3n) is 3.60. The number of hydrogen-bond acceptors (Lipinski definition) is 5. The van der Waals surface area contributed by atoms with Gasteiger partial charge in [-0.3, -0.25) is 4.79 Å². The number of hydrogen-bond donors (Lipinski definition) is 1. The van der Waals surface area contributed by atoms with E-state index in [2.05, 4.69) is 15.5 Å². The minimum absolute atomic E-state index is 0.0637. The van der Waals surface area contributed by atoms with Gasteiger partial charge < -0.3 is 10.1 Å². The molecule has 1 aliphatic rings. The number of methoxy groups -OCH3 is 1. The summed E-state index contributed by atoms with van der Waals surface area (Å²) in [6, 6.07) is 15.0. The number of nitrogens with one attached hydrogen (secondary N) is 1. The van der Waals surface area contributed by atoms with E-state index < -0.39 is 0 Å². The number of benzene rings is 2. The van der Waals surface area contributed by atoms with Crippen molar-refractivity contribution in [2.45, 2.75) is 11.7 Å². The lowest BCUT2D eigenvalue weighted by Crippen LogP contribution is -2.25. The van der Waals surface area contributed by atoms with Crippen molar-refractivity contribution in [3.05, 3.63) is 64.7 Å². The molecule has 25 heavy (non-hydrogen) atoms. The number of amidine groups is 1. The van der Waals surface area contributed by atoms with Gasteiger partial charge in [-0.25, -0.2) is 0 Å². The molecular weight excluding hydrogens is 358 g/mol. The van der Waals surface area contributed by atoms with Crippen LogP contribution in [0.3, 0.4) is 0 Å². The molecule has 0 radical (unpaired) electrons. The summed E-state index contributed by atoms with van der Waals surface area (Å²) < 4.78 is 5.25. The van der Waals surface area contributed by atoms with Crippen molar-refractivity contribution in [2.75, 3.05) is 7.11 Å². The van der Waals surface area contributed by atoms with Crippen molar-refractivity contribution in [1.82, 2.24) is 5.32 Å². The highest BCUT2D eigenvalue weighted by molar-refractivity contribution is 8.15. The van der Waals surface area contributed by atoms with Crippen LogP contribution in [-0.4, -0.2) is 29.6 Å². The van der Waals surface area contributed by atoms with E-state index in [0.29, 0.717) is 16.6 Å². The van der Waals surface area contributed by atoms with Crippen molar-refractivity contribution < 1.29 is 9.53 Å². The number of amides is 1. The first-order valence-electron chi connectivity index (χ1n) is 7.61. The smallest absolute Gasteiger partial charge is 0.239 e. The summed E-state index contributed by atoms with van der Waals surface area (Å²) in [5.74, 6) is 0.654. The molecule has 1 amide bonds. The van der Waals surface area contributed by atoms with Gasteiger partial charge in [0.2, 0.25) is 5.91 Å². The molecule has 1 N–H and O–H groups in total. The van der Waals surface area contributed by atoms with Gasteiger partial charge in [0.05, 0.1) is 18.6 Å². The average Bonchev–Trinajstić information content (AvgIpc) is 2.97. The van der Waals surface area contributed by atoms with E-state index in [1.54, 1.807) is 13.3 Å². The van der Waals surface area contributed by atoms with E-state index in [-0.39, 0.29) is 11.2 Å². The zero-order valence-electron chi connectivity index (χ0n) is 13.5. The maximum absolute atomic E-state index is 12.1. The number of thioether (sulfide) groups is 1. The van der Waals surface area contributed by atoms with E-state index in [0.717, 1.165) is 16.9 Å². The Kier molecular flexibility index (Phi) is 5.73. The van der Waals surface area contributed by atoms with Gasteiger partial charge in [0.25, 0.3) is 0 Å². The van der Waals surface area contributed by atoms with E-state index in [1.807, 2.05) is 48.5 Å². The minimum Gasteiger partial charge on any atom is -0.496 e. The maximum atomic E-state index is 12.1. The highest BCUT2D eigenvalue weighted by Crippen LogP contribution is 2.24. The molecule has 0 bridgehead atoms.